The molecule has 0 bridgehead atoms. The number of hydrogen-bond acceptors (Lipinski definition) is 4. The van der Waals surface area contributed by atoms with Gasteiger partial charge in [0, 0.05) is 6.54 Å². The number of aromatic nitrogens is 3. The van der Waals surface area contributed by atoms with Gasteiger partial charge in [-0.25, -0.2) is 4.79 Å². The highest BCUT2D eigenvalue weighted by atomic mass is 19.4. The minimum atomic E-state index is -4.65. The van der Waals surface area contributed by atoms with Gasteiger partial charge in [0.05, 0.1) is 17.8 Å². The number of rotatable bonds is 6. The van der Waals surface area contributed by atoms with Gasteiger partial charge in [-0.15, -0.1) is 0 Å². The maximum absolute atomic E-state index is 13.2. The molecule has 33 heavy (non-hydrogen) atoms. The Kier molecular flexibility index (Phi) is 6.85. The number of halogens is 3. The third-order valence-corrected chi connectivity index (χ3v) is 4.79. The van der Waals surface area contributed by atoms with E-state index in [9.17, 15) is 27.6 Å². The van der Waals surface area contributed by atoms with Gasteiger partial charge in [0.25, 0.3) is 11.5 Å². The first-order valence-electron chi connectivity index (χ1n) is 10.2. The van der Waals surface area contributed by atoms with Crippen molar-refractivity contribution in [2.24, 2.45) is 5.92 Å². The van der Waals surface area contributed by atoms with Crippen LogP contribution in [-0.2, 0) is 12.7 Å². The Balaban J connectivity index is 2.21. The summed E-state index contributed by atoms with van der Waals surface area (Å²) >= 11 is 0. The predicted octanol–water partition coefficient (Wildman–Crippen LogP) is 3.16. The molecule has 0 aliphatic heterocycles. The van der Waals surface area contributed by atoms with Gasteiger partial charge in [-0.2, -0.15) is 23.0 Å². The van der Waals surface area contributed by atoms with Gasteiger partial charge >= 0.3 is 11.9 Å². The third kappa shape index (κ3) is 5.57. The molecule has 0 aliphatic rings. The molecule has 1 amide bonds. The number of nitrogens with one attached hydrogen (secondary N) is 1. The molecule has 174 valence electrons. The largest absolute Gasteiger partial charge is 0.416 e. The number of benzene rings is 2. The van der Waals surface area contributed by atoms with Crippen LogP contribution in [0.4, 0.5) is 13.2 Å². The van der Waals surface area contributed by atoms with E-state index >= 15 is 0 Å². The molecule has 10 heteroatoms. The molecule has 0 atom stereocenters. The van der Waals surface area contributed by atoms with Crippen molar-refractivity contribution in [3.05, 3.63) is 91.8 Å². The summed E-state index contributed by atoms with van der Waals surface area (Å²) in [5, 5.41) is 6.42. The third-order valence-electron chi connectivity index (χ3n) is 4.79. The Morgan fingerprint density at radius 2 is 1.79 bits per heavy atom. The summed E-state index contributed by atoms with van der Waals surface area (Å²) in [5.41, 5.74) is -2.17. The Morgan fingerprint density at radius 3 is 2.42 bits per heavy atom. The van der Waals surface area contributed by atoms with E-state index in [4.69, 9.17) is 0 Å². The smallest absolute Gasteiger partial charge is 0.350 e. The van der Waals surface area contributed by atoms with E-state index in [2.05, 4.69) is 10.4 Å². The molecule has 0 radical (unpaired) electrons. The van der Waals surface area contributed by atoms with Crippen LogP contribution in [0, 0.1) is 12.8 Å². The van der Waals surface area contributed by atoms with Crippen LogP contribution in [0.2, 0.25) is 0 Å². The minimum absolute atomic E-state index is 0.0813. The van der Waals surface area contributed by atoms with Crippen LogP contribution in [0.5, 0.6) is 0 Å². The van der Waals surface area contributed by atoms with Crippen LogP contribution in [0.25, 0.3) is 5.69 Å². The van der Waals surface area contributed by atoms with Gasteiger partial charge in [-0.1, -0.05) is 49.7 Å². The summed E-state index contributed by atoms with van der Waals surface area (Å²) in [7, 11) is 0. The van der Waals surface area contributed by atoms with E-state index in [1.165, 1.54) is 6.07 Å². The number of aryl methyl sites for hydroxylation is 1. The summed E-state index contributed by atoms with van der Waals surface area (Å²) in [6, 6.07) is 11.0. The van der Waals surface area contributed by atoms with Crippen LogP contribution >= 0.6 is 0 Å². The van der Waals surface area contributed by atoms with E-state index in [0.29, 0.717) is 10.2 Å². The molecule has 1 N–H and O–H groups in total. The van der Waals surface area contributed by atoms with Crippen molar-refractivity contribution in [2.75, 3.05) is 6.54 Å². The highest BCUT2D eigenvalue weighted by Crippen LogP contribution is 2.29. The molecule has 0 fully saturated rings. The molecule has 1 heterocycles. The number of alkyl halides is 3. The molecule has 0 unspecified atom stereocenters. The first-order chi connectivity index (χ1) is 15.5. The van der Waals surface area contributed by atoms with Crippen molar-refractivity contribution >= 4 is 5.91 Å². The summed E-state index contributed by atoms with van der Waals surface area (Å²) in [5.74, 6) is -0.731. The summed E-state index contributed by atoms with van der Waals surface area (Å²) < 4.78 is 41.1. The zero-order valence-electron chi connectivity index (χ0n) is 18.3. The monoisotopic (exact) mass is 460 g/mol. The lowest BCUT2D eigenvalue weighted by atomic mass is 10.1. The maximum Gasteiger partial charge on any atom is 0.416 e. The Bertz CT molecular complexity index is 1290. The highest BCUT2D eigenvalue weighted by molar-refractivity contribution is 5.91. The lowest BCUT2D eigenvalue weighted by Gasteiger charge is -2.14. The van der Waals surface area contributed by atoms with E-state index in [0.717, 1.165) is 28.3 Å². The van der Waals surface area contributed by atoms with Crippen molar-refractivity contribution < 1.29 is 18.0 Å². The van der Waals surface area contributed by atoms with Crippen LogP contribution in [-0.4, -0.2) is 26.8 Å². The van der Waals surface area contributed by atoms with Crippen LogP contribution < -0.4 is 16.6 Å². The van der Waals surface area contributed by atoms with Crippen LogP contribution in [0.15, 0.2) is 58.1 Å². The van der Waals surface area contributed by atoms with Crippen molar-refractivity contribution in [2.45, 2.75) is 33.5 Å². The Morgan fingerprint density at radius 1 is 1.09 bits per heavy atom. The minimum Gasteiger partial charge on any atom is -0.350 e. The first kappa shape index (κ1) is 24.0. The summed E-state index contributed by atoms with van der Waals surface area (Å²) in [6.45, 7) is 5.62. The fraction of sp³-hybridized carbons (Fsp3) is 0.304. The maximum atomic E-state index is 13.2. The zero-order chi connectivity index (χ0) is 24.3. The Hall–Kier alpha value is -3.69. The van der Waals surface area contributed by atoms with E-state index in [-0.39, 0.29) is 24.7 Å². The summed E-state index contributed by atoms with van der Waals surface area (Å²) in [4.78, 5) is 38.8. The van der Waals surface area contributed by atoms with E-state index < -0.39 is 34.6 Å². The second-order valence-electron chi connectivity index (χ2n) is 8.08. The van der Waals surface area contributed by atoms with Gasteiger partial charge in [0.2, 0.25) is 5.69 Å². The number of nitrogens with zero attached hydrogens (tertiary/aromatic N) is 3. The van der Waals surface area contributed by atoms with Crippen molar-refractivity contribution in [3.63, 3.8) is 0 Å². The zero-order valence-corrected chi connectivity index (χ0v) is 18.3. The molecule has 3 rings (SSSR count). The predicted molar refractivity (Wildman–Crippen MR) is 117 cm³/mol. The van der Waals surface area contributed by atoms with Gasteiger partial charge < -0.3 is 5.32 Å². The molecular weight excluding hydrogens is 437 g/mol. The topological polar surface area (TPSA) is 86.0 Å². The normalized spacial score (nSPS) is 11.6. The molecular formula is C23H23F3N4O3. The second-order valence-corrected chi connectivity index (χ2v) is 8.08. The quantitative estimate of drug-likeness (QED) is 0.613. The van der Waals surface area contributed by atoms with Crippen molar-refractivity contribution in [1.82, 2.24) is 19.7 Å². The average molecular weight is 460 g/mol. The molecule has 1 aromatic heterocycles. The summed E-state index contributed by atoms with van der Waals surface area (Å²) in [6.07, 6.45) is -4.65. The van der Waals surface area contributed by atoms with E-state index in [1.807, 2.05) is 26.8 Å². The van der Waals surface area contributed by atoms with Gasteiger partial charge in [0.1, 0.15) is 0 Å². The molecule has 3 aromatic rings. The van der Waals surface area contributed by atoms with Gasteiger partial charge in [-0.05, 0) is 36.6 Å². The number of carbonyl (C=O) groups excluding carboxylic acids is 1. The molecule has 2 aromatic carbocycles. The fourth-order valence-corrected chi connectivity index (χ4v) is 3.15. The van der Waals surface area contributed by atoms with Gasteiger partial charge in [0.15, 0.2) is 0 Å². The highest BCUT2D eigenvalue weighted by Gasteiger charge is 2.31. The molecule has 0 aliphatic carbocycles. The number of hydrogen-bond donors (Lipinski definition) is 1. The SMILES string of the molecule is Cc1cccc(Cn2c(=O)c(C(=O)NCC(C)C)nn(-c3cccc(C(F)(F)F)c3)c2=O)c1. The molecule has 0 saturated carbocycles. The Labute approximate surface area is 187 Å². The van der Waals surface area contributed by atoms with Crippen LogP contribution in [0.3, 0.4) is 0 Å². The van der Waals surface area contributed by atoms with Crippen LogP contribution in [0.1, 0.15) is 41.0 Å². The first-order valence-corrected chi connectivity index (χ1v) is 10.2. The fourth-order valence-electron chi connectivity index (χ4n) is 3.15. The van der Waals surface area contributed by atoms with Crippen molar-refractivity contribution in [3.8, 4) is 5.69 Å². The molecule has 7 nitrogen and oxygen atoms in total. The molecule has 0 saturated heterocycles. The number of amides is 1. The van der Waals surface area contributed by atoms with Crippen molar-refractivity contribution in [1.29, 1.82) is 0 Å². The standard InChI is InChI=1S/C23H23F3N4O3/c1-14(2)12-27-20(31)19-21(32)29(13-16-7-4-6-15(3)10-16)22(33)30(28-19)18-9-5-8-17(11-18)23(24,25)26/h4-11,14H,12-13H2,1-3H3,(H,27,31). The number of carbonyl (C=O) groups is 1. The van der Waals surface area contributed by atoms with E-state index in [1.54, 1.807) is 18.2 Å². The molecule has 0 spiro atoms. The average Bonchev–Trinajstić information content (AvgIpc) is 2.74. The lowest BCUT2D eigenvalue weighted by Crippen LogP contribution is -2.46. The van der Waals surface area contributed by atoms with Gasteiger partial charge in [-0.3, -0.25) is 14.2 Å². The second kappa shape index (κ2) is 9.43. The lowest BCUT2D eigenvalue weighted by molar-refractivity contribution is -0.137.